The lowest BCUT2D eigenvalue weighted by molar-refractivity contribution is -0.139. The topological polar surface area (TPSA) is 191 Å². The molecule has 0 saturated carbocycles. The average molecular weight is 623 g/mol. The molecule has 2 aliphatic heterocycles. The molecule has 5 amide bonds. The van der Waals surface area contributed by atoms with Crippen LogP contribution in [0.2, 0.25) is 0 Å². The zero-order valence-corrected chi connectivity index (χ0v) is 25.3. The second-order valence-corrected chi connectivity index (χ2v) is 11.0. The second-order valence-electron chi connectivity index (χ2n) is 11.0. The maximum atomic E-state index is 13.1. The number of ether oxygens (including phenoxy) is 5. The third-order valence-corrected chi connectivity index (χ3v) is 6.47. The van der Waals surface area contributed by atoms with Crippen LogP contribution < -0.4 is 20.7 Å². The Kier molecular flexibility index (Phi) is 13.5. The van der Waals surface area contributed by atoms with Crippen LogP contribution in [0.1, 0.15) is 55.8 Å². The number of fused-ring (bicyclic) bond motifs is 1. The normalized spacial score (nSPS) is 18.2. The SMILES string of the molecule is CC(C)(C)OCC(=O)NCCOCCOCCOCCNC(=O)COc1cccc2c1C(=O)N(C1CCC(=O)NC1=O)C2O. The summed E-state index contributed by atoms with van der Waals surface area (Å²) in [4.78, 5) is 61.8. The van der Waals surface area contributed by atoms with Crippen molar-refractivity contribution in [1.29, 1.82) is 0 Å². The molecule has 1 aromatic rings. The molecule has 0 spiro atoms. The Morgan fingerprint density at radius 2 is 1.52 bits per heavy atom. The van der Waals surface area contributed by atoms with Crippen molar-refractivity contribution in [3.05, 3.63) is 29.3 Å². The van der Waals surface area contributed by atoms with Gasteiger partial charge in [0, 0.05) is 25.1 Å². The summed E-state index contributed by atoms with van der Waals surface area (Å²) in [5.41, 5.74) is -0.0453. The number of nitrogens with zero attached hydrogens (tertiary/aromatic N) is 1. The summed E-state index contributed by atoms with van der Waals surface area (Å²) in [7, 11) is 0. The van der Waals surface area contributed by atoms with Crippen molar-refractivity contribution in [1.82, 2.24) is 20.9 Å². The molecule has 2 heterocycles. The van der Waals surface area contributed by atoms with Gasteiger partial charge in [-0.05, 0) is 33.3 Å². The first kappa shape index (κ1) is 34.9. The molecule has 2 unspecified atom stereocenters. The zero-order valence-electron chi connectivity index (χ0n) is 25.3. The van der Waals surface area contributed by atoms with Crippen molar-refractivity contribution < 1.29 is 52.8 Å². The maximum Gasteiger partial charge on any atom is 0.261 e. The van der Waals surface area contributed by atoms with E-state index in [1.165, 1.54) is 6.07 Å². The van der Waals surface area contributed by atoms with E-state index < -0.39 is 35.9 Å². The first-order valence-electron chi connectivity index (χ1n) is 14.5. The van der Waals surface area contributed by atoms with Crippen LogP contribution in [0.4, 0.5) is 0 Å². The summed E-state index contributed by atoms with van der Waals surface area (Å²) in [6.45, 7) is 7.87. The molecule has 1 aromatic carbocycles. The Morgan fingerprint density at radius 3 is 2.11 bits per heavy atom. The third-order valence-electron chi connectivity index (χ3n) is 6.47. The fourth-order valence-electron chi connectivity index (χ4n) is 4.36. The second kappa shape index (κ2) is 17.0. The number of imide groups is 1. The van der Waals surface area contributed by atoms with Crippen LogP contribution in [0.25, 0.3) is 0 Å². The number of aliphatic hydroxyl groups is 1. The Morgan fingerprint density at radius 1 is 0.932 bits per heavy atom. The number of hydrogen-bond acceptors (Lipinski definition) is 11. The highest BCUT2D eigenvalue weighted by molar-refractivity contribution is 6.07. The number of piperidine rings is 1. The van der Waals surface area contributed by atoms with E-state index in [4.69, 9.17) is 23.7 Å². The molecule has 15 nitrogen and oxygen atoms in total. The van der Waals surface area contributed by atoms with Crippen LogP contribution in [-0.4, -0.2) is 117 Å². The van der Waals surface area contributed by atoms with E-state index in [0.29, 0.717) is 39.6 Å². The number of nitrogens with one attached hydrogen (secondary N) is 3. The minimum absolute atomic E-state index is 0.00193. The van der Waals surface area contributed by atoms with Crippen LogP contribution in [0.15, 0.2) is 18.2 Å². The van der Waals surface area contributed by atoms with E-state index in [1.54, 1.807) is 12.1 Å². The van der Waals surface area contributed by atoms with Crippen LogP contribution in [0.3, 0.4) is 0 Å². The fourth-order valence-corrected chi connectivity index (χ4v) is 4.36. The van der Waals surface area contributed by atoms with Gasteiger partial charge in [-0.1, -0.05) is 12.1 Å². The van der Waals surface area contributed by atoms with E-state index >= 15 is 0 Å². The van der Waals surface area contributed by atoms with Gasteiger partial charge in [0.1, 0.15) is 18.4 Å². The smallest absolute Gasteiger partial charge is 0.261 e. The number of carbonyl (C=O) groups excluding carboxylic acids is 5. The van der Waals surface area contributed by atoms with Crippen molar-refractivity contribution in [2.45, 2.75) is 51.5 Å². The summed E-state index contributed by atoms with van der Waals surface area (Å²) in [6.07, 6.45) is -1.23. The summed E-state index contributed by atoms with van der Waals surface area (Å²) < 4.78 is 27.2. The van der Waals surface area contributed by atoms with E-state index in [2.05, 4.69) is 16.0 Å². The van der Waals surface area contributed by atoms with Crippen molar-refractivity contribution in [2.24, 2.45) is 0 Å². The first-order valence-corrected chi connectivity index (χ1v) is 14.5. The third kappa shape index (κ3) is 10.8. The molecule has 0 aliphatic carbocycles. The molecule has 44 heavy (non-hydrogen) atoms. The van der Waals surface area contributed by atoms with Gasteiger partial charge in [0.25, 0.3) is 11.8 Å². The van der Waals surface area contributed by atoms with Crippen molar-refractivity contribution >= 4 is 29.5 Å². The number of rotatable bonds is 18. The number of aliphatic hydroxyl groups excluding tert-OH is 1. The number of carbonyl (C=O) groups is 5. The van der Waals surface area contributed by atoms with Crippen molar-refractivity contribution in [2.75, 3.05) is 65.9 Å². The number of benzene rings is 1. The van der Waals surface area contributed by atoms with Gasteiger partial charge in [-0.3, -0.25) is 34.2 Å². The van der Waals surface area contributed by atoms with Crippen LogP contribution in [0.5, 0.6) is 5.75 Å². The van der Waals surface area contributed by atoms with Gasteiger partial charge in [-0.25, -0.2) is 0 Å². The summed E-state index contributed by atoms with van der Waals surface area (Å²) in [5.74, 6) is -2.24. The van der Waals surface area contributed by atoms with Gasteiger partial charge >= 0.3 is 0 Å². The molecule has 0 bridgehead atoms. The summed E-state index contributed by atoms with van der Waals surface area (Å²) in [6, 6.07) is 3.62. The molecular weight excluding hydrogens is 580 g/mol. The molecule has 1 fully saturated rings. The highest BCUT2D eigenvalue weighted by Crippen LogP contribution is 2.39. The standard InChI is InChI=1S/C29H42N4O11/c1-29(2,3)44-18-24(36)31-10-12-41-14-16-42-15-13-40-11-9-30-23(35)17-43-21-6-4-5-19-25(21)28(39)33(27(19)38)20-7-8-22(34)32-26(20)37/h4-6,20,27,38H,7-18H2,1-3H3,(H,30,35)(H,31,36)(H,32,34,37). The van der Waals surface area contributed by atoms with Crippen molar-refractivity contribution in [3.8, 4) is 5.75 Å². The predicted molar refractivity (Wildman–Crippen MR) is 153 cm³/mol. The van der Waals surface area contributed by atoms with Gasteiger partial charge in [0.15, 0.2) is 12.8 Å². The minimum atomic E-state index is -1.38. The highest BCUT2D eigenvalue weighted by Gasteiger charge is 2.45. The van der Waals surface area contributed by atoms with Crippen LogP contribution in [0, 0.1) is 0 Å². The van der Waals surface area contributed by atoms with Gasteiger partial charge in [-0.15, -0.1) is 0 Å². The molecular formula is C29H42N4O11. The van der Waals surface area contributed by atoms with E-state index in [1.807, 2.05) is 20.8 Å². The molecule has 15 heteroatoms. The Bertz CT molecular complexity index is 1170. The van der Waals surface area contributed by atoms with E-state index in [-0.39, 0.29) is 67.6 Å². The molecule has 244 valence electrons. The lowest BCUT2D eigenvalue weighted by Gasteiger charge is -2.31. The molecule has 2 atom stereocenters. The molecule has 4 N–H and O–H groups in total. The zero-order chi connectivity index (χ0) is 32.1. The van der Waals surface area contributed by atoms with Gasteiger partial charge in [0.2, 0.25) is 17.7 Å². The summed E-state index contributed by atoms with van der Waals surface area (Å²) in [5, 5.41) is 18.3. The Hall–Kier alpha value is -3.63. The quantitative estimate of drug-likeness (QED) is 0.121. The van der Waals surface area contributed by atoms with Crippen LogP contribution in [-0.2, 0) is 38.1 Å². The van der Waals surface area contributed by atoms with Crippen molar-refractivity contribution in [3.63, 3.8) is 0 Å². The van der Waals surface area contributed by atoms with Crippen LogP contribution >= 0.6 is 0 Å². The largest absolute Gasteiger partial charge is 0.483 e. The lowest BCUT2D eigenvalue weighted by atomic mass is 10.0. The predicted octanol–water partition coefficient (Wildman–Crippen LogP) is -0.585. The molecule has 1 saturated heterocycles. The van der Waals surface area contributed by atoms with Gasteiger partial charge in [0.05, 0.1) is 50.8 Å². The summed E-state index contributed by atoms with van der Waals surface area (Å²) >= 11 is 0. The lowest BCUT2D eigenvalue weighted by Crippen LogP contribution is -2.53. The first-order chi connectivity index (χ1) is 21.0. The highest BCUT2D eigenvalue weighted by atomic mass is 16.5. The molecule has 0 radical (unpaired) electrons. The molecule has 0 aromatic heterocycles. The maximum absolute atomic E-state index is 13.1. The number of hydrogen-bond donors (Lipinski definition) is 4. The van der Waals surface area contributed by atoms with Gasteiger partial charge in [-0.2, -0.15) is 0 Å². The van der Waals surface area contributed by atoms with E-state index in [9.17, 15) is 29.1 Å². The fraction of sp³-hybridized carbons (Fsp3) is 0.621. The monoisotopic (exact) mass is 622 g/mol. The Labute approximate surface area is 255 Å². The number of amides is 5. The Balaban J connectivity index is 1.23. The molecule has 2 aliphatic rings. The van der Waals surface area contributed by atoms with E-state index in [0.717, 1.165) is 4.90 Å². The average Bonchev–Trinajstić information content (AvgIpc) is 3.22. The van der Waals surface area contributed by atoms with Gasteiger partial charge < -0.3 is 39.4 Å². The minimum Gasteiger partial charge on any atom is -0.483 e. The molecule has 3 rings (SSSR count).